The van der Waals surface area contributed by atoms with Crippen molar-refractivity contribution < 1.29 is 14.3 Å². The lowest BCUT2D eigenvalue weighted by atomic mass is 9.78. The molecule has 1 unspecified atom stereocenters. The first-order valence-corrected chi connectivity index (χ1v) is 15.3. The van der Waals surface area contributed by atoms with Gasteiger partial charge in [-0.05, 0) is 99.9 Å². The van der Waals surface area contributed by atoms with E-state index in [2.05, 4.69) is 54.6 Å². The first-order valence-electron chi connectivity index (χ1n) is 13.6. The van der Waals surface area contributed by atoms with E-state index in [-0.39, 0.29) is 17.5 Å². The molecule has 0 saturated heterocycles. The molecule has 3 aromatic carbocycles. The van der Waals surface area contributed by atoms with Crippen LogP contribution in [0.25, 0.3) is 33.2 Å². The second-order valence-electron chi connectivity index (χ2n) is 10.1. The monoisotopic (exact) mass is 564 g/mol. The molecular formula is C35H29FO2S2. The second kappa shape index (κ2) is 11.8. The minimum absolute atomic E-state index is 0.127. The molecule has 4 aromatic rings. The highest BCUT2D eigenvalue weighted by atomic mass is 32.2. The summed E-state index contributed by atoms with van der Waals surface area (Å²) in [5.74, 6) is -0.925. The highest BCUT2D eigenvalue weighted by Crippen LogP contribution is 2.42. The smallest absolute Gasteiger partial charge is 0.304 e. The number of benzene rings is 3. The normalized spacial score (nSPS) is 16.6. The van der Waals surface area contributed by atoms with E-state index in [0.29, 0.717) is 0 Å². The molecule has 0 radical (unpaired) electrons. The third-order valence-electron chi connectivity index (χ3n) is 7.59. The van der Waals surface area contributed by atoms with Crippen LogP contribution >= 0.6 is 23.1 Å². The summed E-state index contributed by atoms with van der Waals surface area (Å²) in [7, 11) is 0. The summed E-state index contributed by atoms with van der Waals surface area (Å²) in [6.07, 6.45) is 12.8. The zero-order chi connectivity index (χ0) is 27.5. The van der Waals surface area contributed by atoms with Crippen molar-refractivity contribution >= 4 is 40.7 Å². The second-order valence-corrected chi connectivity index (χ2v) is 12.4. The largest absolute Gasteiger partial charge is 0.481 e. The number of allylic oxidation sites excluding steroid dienone is 3. The van der Waals surface area contributed by atoms with Crippen molar-refractivity contribution in [2.45, 2.75) is 37.4 Å². The summed E-state index contributed by atoms with van der Waals surface area (Å²) in [6.45, 7) is 0. The fraction of sp³-hybridized carbons (Fsp3) is 0.171. The molecule has 3 aliphatic rings. The number of aryl methyl sites for hydroxylation is 1. The topological polar surface area (TPSA) is 37.3 Å². The van der Waals surface area contributed by atoms with Gasteiger partial charge in [-0.2, -0.15) is 0 Å². The first kappa shape index (κ1) is 26.5. The molecule has 0 spiro atoms. The van der Waals surface area contributed by atoms with Gasteiger partial charge in [0.1, 0.15) is 5.82 Å². The molecule has 1 N–H and O–H groups in total. The molecule has 2 aliphatic carbocycles. The lowest BCUT2D eigenvalue weighted by Gasteiger charge is -2.26. The van der Waals surface area contributed by atoms with E-state index >= 15 is 0 Å². The van der Waals surface area contributed by atoms with E-state index in [0.717, 1.165) is 31.2 Å². The van der Waals surface area contributed by atoms with Crippen LogP contribution in [0.3, 0.4) is 0 Å². The maximum atomic E-state index is 13.2. The number of carboxylic acids is 1. The van der Waals surface area contributed by atoms with Crippen molar-refractivity contribution in [2.75, 3.05) is 0 Å². The number of hydrogen-bond donors (Lipinski definition) is 1. The molecule has 0 fully saturated rings. The van der Waals surface area contributed by atoms with Crippen LogP contribution in [0.4, 0.5) is 4.39 Å². The summed E-state index contributed by atoms with van der Waals surface area (Å²) in [6, 6.07) is 24.6. The highest BCUT2D eigenvalue weighted by molar-refractivity contribution is 8.02. The van der Waals surface area contributed by atoms with E-state index in [9.17, 15) is 9.18 Å². The van der Waals surface area contributed by atoms with E-state index < -0.39 is 5.97 Å². The molecule has 5 heteroatoms. The standard InChI is InChI=1S/C28H21FS.C7H8O2S/c29-22-10-5-19(6-11-22)27-15-16-28(30-27)21-9-12-24-20(17-21)8-14-25-23-4-2-1-3-18(23)7-13-26(24)25;8-7(9)5-6-3-1-2-4-10-6/h1-6,8,10-11,14-17H,7,9,12-13H2;1-4,6H,5H2,(H,8,9). The van der Waals surface area contributed by atoms with Gasteiger partial charge < -0.3 is 5.11 Å². The van der Waals surface area contributed by atoms with Crippen LogP contribution in [0.15, 0.2) is 96.4 Å². The van der Waals surface area contributed by atoms with E-state index in [1.54, 1.807) is 34.2 Å². The van der Waals surface area contributed by atoms with Gasteiger partial charge in [-0.15, -0.1) is 23.1 Å². The number of hydrogen-bond acceptors (Lipinski definition) is 3. The van der Waals surface area contributed by atoms with Gasteiger partial charge in [-0.1, -0.05) is 72.8 Å². The zero-order valence-electron chi connectivity index (χ0n) is 22.0. The molecule has 2 heterocycles. The van der Waals surface area contributed by atoms with Crippen LogP contribution in [0.1, 0.15) is 40.0 Å². The van der Waals surface area contributed by atoms with Gasteiger partial charge >= 0.3 is 5.97 Å². The molecule has 0 saturated carbocycles. The van der Waals surface area contributed by atoms with Gasteiger partial charge in [-0.3, -0.25) is 4.79 Å². The minimum atomic E-state index is -0.738. The van der Waals surface area contributed by atoms with E-state index in [4.69, 9.17) is 5.11 Å². The lowest BCUT2D eigenvalue weighted by molar-refractivity contribution is -0.136. The predicted molar refractivity (Wildman–Crippen MR) is 167 cm³/mol. The summed E-state index contributed by atoms with van der Waals surface area (Å²) in [5, 5.41) is 10.4. The lowest BCUT2D eigenvalue weighted by Crippen LogP contribution is -2.10. The van der Waals surface area contributed by atoms with Crippen LogP contribution in [-0.2, 0) is 24.1 Å². The van der Waals surface area contributed by atoms with Gasteiger partial charge in [0.05, 0.1) is 6.42 Å². The maximum absolute atomic E-state index is 13.2. The Morgan fingerprint density at radius 3 is 2.42 bits per heavy atom. The number of thioether (sulfide) groups is 1. The van der Waals surface area contributed by atoms with Crippen molar-refractivity contribution in [1.82, 2.24) is 0 Å². The maximum Gasteiger partial charge on any atom is 0.304 e. The van der Waals surface area contributed by atoms with Crippen LogP contribution in [0.2, 0.25) is 0 Å². The fourth-order valence-corrected chi connectivity index (χ4v) is 7.51. The number of fused-ring (bicyclic) bond motifs is 5. The van der Waals surface area contributed by atoms with E-state index in [1.165, 1.54) is 49.7 Å². The molecule has 1 aliphatic heterocycles. The van der Waals surface area contributed by atoms with E-state index in [1.807, 2.05) is 35.8 Å². The Labute approximate surface area is 242 Å². The first-order chi connectivity index (χ1) is 19.5. The number of aliphatic carboxylic acids is 1. The summed E-state index contributed by atoms with van der Waals surface area (Å²) in [4.78, 5) is 12.7. The van der Waals surface area contributed by atoms with Crippen molar-refractivity contribution in [3.05, 3.63) is 129 Å². The van der Waals surface area contributed by atoms with Crippen molar-refractivity contribution in [1.29, 1.82) is 0 Å². The van der Waals surface area contributed by atoms with Crippen LogP contribution in [-0.4, -0.2) is 16.3 Å². The highest BCUT2D eigenvalue weighted by Gasteiger charge is 2.23. The molecule has 1 atom stereocenters. The molecular weight excluding hydrogens is 536 g/mol. The van der Waals surface area contributed by atoms with Crippen molar-refractivity contribution in [3.63, 3.8) is 0 Å². The van der Waals surface area contributed by atoms with Gasteiger partial charge in [0.2, 0.25) is 0 Å². The minimum Gasteiger partial charge on any atom is -0.481 e. The number of thiophene rings is 1. The Kier molecular flexibility index (Phi) is 7.85. The molecule has 0 bridgehead atoms. The number of rotatable bonds is 4. The van der Waals surface area contributed by atoms with Crippen LogP contribution < -0.4 is 0 Å². The van der Waals surface area contributed by atoms with Crippen LogP contribution in [0, 0.1) is 5.82 Å². The third-order valence-corrected chi connectivity index (χ3v) is 9.79. The molecule has 2 nitrogen and oxygen atoms in total. The Morgan fingerprint density at radius 2 is 1.62 bits per heavy atom. The SMILES string of the molecule is Fc1ccc(-c2ccc(C3=Cc4ccc5c(c4CC3)CCc3ccccc3-5)s2)cc1.O=C(O)CC1C=CC=CS1. The summed E-state index contributed by atoms with van der Waals surface area (Å²) >= 11 is 3.35. The number of carboxylic acid groups (broad SMARTS) is 1. The average molecular weight is 565 g/mol. The average Bonchev–Trinajstić information content (AvgIpc) is 3.48. The third kappa shape index (κ3) is 5.77. The summed E-state index contributed by atoms with van der Waals surface area (Å²) < 4.78 is 13.2. The van der Waals surface area contributed by atoms with Crippen LogP contribution in [0.5, 0.6) is 0 Å². The van der Waals surface area contributed by atoms with Crippen molar-refractivity contribution in [3.8, 4) is 21.6 Å². The van der Waals surface area contributed by atoms with Gasteiger partial charge in [0.15, 0.2) is 0 Å². The van der Waals surface area contributed by atoms with Crippen molar-refractivity contribution in [2.24, 2.45) is 0 Å². The number of carbonyl (C=O) groups is 1. The molecule has 0 amide bonds. The Hall–Kier alpha value is -3.67. The Balaban J connectivity index is 0.000000246. The Morgan fingerprint density at radius 1 is 0.825 bits per heavy atom. The molecule has 7 rings (SSSR count). The fourth-order valence-electron chi connectivity index (χ4n) is 5.65. The van der Waals surface area contributed by atoms with Gasteiger partial charge in [0.25, 0.3) is 0 Å². The molecule has 200 valence electrons. The molecule has 1 aromatic heterocycles. The number of halogens is 1. The predicted octanol–water partition coefficient (Wildman–Crippen LogP) is 9.45. The quantitative estimate of drug-likeness (QED) is 0.268. The molecule has 40 heavy (non-hydrogen) atoms. The van der Waals surface area contributed by atoms with Gasteiger partial charge in [0, 0.05) is 15.0 Å². The summed E-state index contributed by atoms with van der Waals surface area (Å²) in [5.41, 5.74) is 11.3. The van der Waals surface area contributed by atoms with Gasteiger partial charge in [-0.25, -0.2) is 4.39 Å². The Bertz CT molecular complexity index is 1640. The zero-order valence-corrected chi connectivity index (χ0v) is 23.6.